The van der Waals surface area contributed by atoms with Crippen molar-refractivity contribution in [1.29, 1.82) is 0 Å². The lowest BCUT2D eigenvalue weighted by molar-refractivity contribution is -0.172. The Morgan fingerprint density at radius 1 is 1.00 bits per heavy atom. The normalized spacial score (nSPS) is 17.6. The highest BCUT2D eigenvalue weighted by atomic mass is 19.3. The van der Waals surface area contributed by atoms with E-state index < -0.39 is 48.9 Å². The first-order valence-electron chi connectivity index (χ1n) is 12.4. The molecule has 1 heterocycles. The van der Waals surface area contributed by atoms with Gasteiger partial charge in [0.15, 0.2) is 0 Å². The molecule has 39 heavy (non-hydrogen) atoms. The molecule has 0 radical (unpaired) electrons. The number of likely N-dealkylation sites (N-methyl/N-ethyl adjacent to an activating group) is 1. The van der Waals surface area contributed by atoms with E-state index in [1.807, 2.05) is 48.5 Å². The standard InChI is InChI=1S/C28H28F4N2O5/c1-3-14-38-24(35)13-12-23(25(36)34-16-27(29,30)28(31,32)17-34)33(2)26(37)39-15-22-20-10-6-4-8-18(20)19-9-5-7-11-21(19)22/h3-11,22-23H,1,12-17H2,2H3/t23-/m0/s1. The highest BCUT2D eigenvalue weighted by Gasteiger charge is 2.64. The molecular formula is C28H28F4N2O5. The molecule has 0 aromatic heterocycles. The summed E-state index contributed by atoms with van der Waals surface area (Å²) in [6, 6.07) is 13.8. The van der Waals surface area contributed by atoms with Gasteiger partial charge in [0.1, 0.15) is 19.3 Å². The number of carbonyl (C=O) groups excluding carboxylic acids is 3. The van der Waals surface area contributed by atoms with E-state index in [1.165, 1.54) is 13.1 Å². The largest absolute Gasteiger partial charge is 0.461 e. The van der Waals surface area contributed by atoms with Crippen molar-refractivity contribution >= 4 is 18.0 Å². The van der Waals surface area contributed by atoms with Crippen LogP contribution in [0.3, 0.4) is 0 Å². The van der Waals surface area contributed by atoms with E-state index in [-0.39, 0.29) is 32.0 Å². The average molecular weight is 549 g/mol. The Kier molecular flexibility index (Phi) is 7.99. The molecule has 1 aliphatic carbocycles. The van der Waals surface area contributed by atoms with Crippen molar-refractivity contribution < 1.29 is 41.4 Å². The molecule has 7 nitrogen and oxygen atoms in total. The molecule has 0 unspecified atom stereocenters. The Bertz CT molecular complexity index is 1210. The van der Waals surface area contributed by atoms with Crippen molar-refractivity contribution in [1.82, 2.24) is 9.80 Å². The third-order valence-corrected chi connectivity index (χ3v) is 6.99. The average Bonchev–Trinajstić information content (AvgIpc) is 3.34. The van der Waals surface area contributed by atoms with Crippen molar-refractivity contribution in [3.8, 4) is 11.1 Å². The first-order valence-corrected chi connectivity index (χ1v) is 12.4. The minimum absolute atomic E-state index is 0.0840. The zero-order valence-electron chi connectivity index (χ0n) is 21.2. The SMILES string of the molecule is C=CCOC(=O)CC[C@@H](C(=O)N1CC(F)(F)C(F)(F)C1)N(C)C(=O)OCC1c2ccccc2-c2ccccc21. The third kappa shape index (κ3) is 5.62. The lowest BCUT2D eigenvalue weighted by Gasteiger charge is -2.30. The molecule has 2 aliphatic rings. The second-order valence-electron chi connectivity index (χ2n) is 9.54. The van der Waals surface area contributed by atoms with Crippen molar-refractivity contribution in [3.63, 3.8) is 0 Å². The maximum atomic E-state index is 13.8. The van der Waals surface area contributed by atoms with Crippen LogP contribution in [0.5, 0.6) is 0 Å². The number of benzene rings is 2. The van der Waals surface area contributed by atoms with E-state index in [0.717, 1.165) is 27.2 Å². The van der Waals surface area contributed by atoms with Crippen LogP contribution >= 0.6 is 0 Å². The molecule has 208 valence electrons. The maximum Gasteiger partial charge on any atom is 0.410 e. The zero-order chi connectivity index (χ0) is 28.4. The van der Waals surface area contributed by atoms with Gasteiger partial charge in [-0.05, 0) is 28.7 Å². The summed E-state index contributed by atoms with van der Waals surface area (Å²) in [4.78, 5) is 39.4. The van der Waals surface area contributed by atoms with Gasteiger partial charge in [0.2, 0.25) is 5.91 Å². The molecule has 4 rings (SSSR count). The van der Waals surface area contributed by atoms with Crippen LogP contribution in [-0.4, -0.2) is 79.0 Å². The monoisotopic (exact) mass is 548 g/mol. The first-order chi connectivity index (χ1) is 18.5. The van der Waals surface area contributed by atoms with Crippen LogP contribution in [0, 0.1) is 0 Å². The molecule has 0 spiro atoms. The summed E-state index contributed by atoms with van der Waals surface area (Å²) in [6.45, 7) is 0.231. The molecule has 1 atom stereocenters. The zero-order valence-corrected chi connectivity index (χ0v) is 21.2. The van der Waals surface area contributed by atoms with Gasteiger partial charge in [-0.15, -0.1) is 0 Å². The number of alkyl halides is 4. The minimum Gasteiger partial charge on any atom is -0.461 e. The van der Waals surface area contributed by atoms with E-state index >= 15 is 0 Å². The van der Waals surface area contributed by atoms with Gasteiger partial charge in [-0.1, -0.05) is 61.2 Å². The number of nitrogens with zero attached hydrogens (tertiary/aromatic N) is 2. The summed E-state index contributed by atoms with van der Waals surface area (Å²) in [7, 11) is 1.20. The van der Waals surface area contributed by atoms with Crippen LogP contribution in [0.4, 0.5) is 22.4 Å². The molecule has 2 aromatic carbocycles. The summed E-state index contributed by atoms with van der Waals surface area (Å²) in [5.74, 6) is -11.0. The molecule has 2 amide bonds. The number of esters is 1. The van der Waals surface area contributed by atoms with Gasteiger partial charge in [0, 0.05) is 19.4 Å². The van der Waals surface area contributed by atoms with Crippen LogP contribution in [0.25, 0.3) is 11.1 Å². The number of ether oxygens (including phenoxy) is 2. The van der Waals surface area contributed by atoms with Crippen molar-refractivity contribution in [2.24, 2.45) is 0 Å². The van der Waals surface area contributed by atoms with Gasteiger partial charge < -0.3 is 14.4 Å². The van der Waals surface area contributed by atoms with Crippen molar-refractivity contribution in [2.45, 2.75) is 36.6 Å². The smallest absolute Gasteiger partial charge is 0.410 e. The number of hydrogen-bond acceptors (Lipinski definition) is 5. The summed E-state index contributed by atoms with van der Waals surface area (Å²) in [5, 5.41) is 0. The second kappa shape index (κ2) is 11.1. The molecule has 1 aliphatic heterocycles. The maximum absolute atomic E-state index is 13.8. The number of carbonyl (C=O) groups is 3. The van der Waals surface area contributed by atoms with Crippen molar-refractivity contribution in [3.05, 3.63) is 72.3 Å². The Morgan fingerprint density at radius 2 is 1.54 bits per heavy atom. The predicted molar refractivity (Wildman–Crippen MR) is 133 cm³/mol. The fourth-order valence-corrected chi connectivity index (χ4v) is 4.92. The van der Waals surface area contributed by atoms with E-state index in [1.54, 1.807) is 0 Å². The Hall–Kier alpha value is -3.89. The molecule has 1 fully saturated rings. The van der Waals surface area contributed by atoms with E-state index in [4.69, 9.17) is 9.47 Å². The van der Waals surface area contributed by atoms with E-state index in [0.29, 0.717) is 4.90 Å². The molecule has 0 bridgehead atoms. The Balaban J connectivity index is 1.49. The lowest BCUT2D eigenvalue weighted by Crippen LogP contribution is -2.49. The predicted octanol–water partition coefficient (Wildman–Crippen LogP) is 4.86. The van der Waals surface area contributed by atoms with Crippen LogP contribution in [0.15, 0.2) is 61.2 Å². The van der Waals surface area contributed by atoms with Gasteiger partial charge in [-0.2, -0.15) is 17.6 Å². The van der Waals surface area contributed by atoms with Gasteiger partial charge in [-0.3, -0.25) is 14.5 Å². The quantitative estimate of drug-likeness (QED) is 0.254. The molecule has 11 heteroatoms. The Morgan fingerprint density at radius 3 is 2.08 bits per heavy atom. The molecule has 1 saturated heterocycles. The number of hydrogen-bond donors (Lipinski definition) is 0. The summed E-state index contributed by atoms with van der Waals surface area (Å²) >= 11 is 0. The van der Waals surface area contributed by atoms with Gasteiger partial charge in [0.25, 0.3) is 0 Å². The van der Waals surface area contributed by atoms with Gasteiger partial charge in [0.05, 0.1) is 13.1 Å². The number of halogens is 4. The highest BCUT2D eigenvalue weighted by Crippen LogP contribution is 2.45. The third-order valence-electron chi connectivity index (χ3n) is 6.99. The number of rotatable bonds is 9. The van der Waals surface area contributed by atoms with Crippen molar-refractivity contribution in [2.75, 3.05) is 33.4 Å². The Labute approximate surface area is 223 Å². The minimum atomic E-state index is -4.42. The second-order valence-corrected chi connectivity index (χ2v) is 9.54. The number of fused-ring (bicyclic) bond motifs is 3. The number of likely N-dealkylation sites (tertiary alicyclic amines) is 1. The summed E-state index contributed by atoms with van der Waals surface area (Å²) < 4.78 is 65.7. The fourth-order valence-electron chi connectivity index (χ4n) is 4.92. The van der Waals surface area contributed by atoms with Crippen LogP contribution in [-0.2, 0) is 19.1 Å². The van der Waals surface area contributed by atoms with Crippen LogP contribution in [0.1, 0.15) is 29.9 Å². The molecule has 2 aromatic rings. The summed E-state index contributed by atoms with van der Waals surface area (Å²) in [6.07, 6.45) is -0.348. The van der Waals surface area contributed by atoms with Crippen LogP contribution < -0.4 is 0 Å². The molecule has 0 saturated carbocycles. The fraction of sp³-hybridized carbons (Fsp3) is 0.393. The van der Waals surface area contributed by atoms with E-state index in [2.05, 4.69) is 6.58 Å². The topological polar surface area (TPSA) is 76.2 Å². The van der Waals surface area contributed by atoms with E-state index in [9.17, 15) is 31.9 Å². The van der Waals surface area contributed by atoms with Gasteiger partial charge >= 0.3 is 23.9 Å². The van der Waals surface area contributed by atoms with Gasteiger partial charge in [-0.25, -0.2) is 4.79 Å². The molecular weight excluding hydrogens is 520 g/mol. The lowest BCUT2D eigenvalue weighted by atomic mass is 9.98. The number of amides is 2. The first kappa shape index (κ1) is 28.1. The molecule has 0 N–H and O–H groups in total. The van der Waals surface area contributed by atoms with Crippen LogP contribution in [0.2, 0.25) is 0 Å². The summed E-state index contributed by atoms with van der Waals surface area (Å²) in [5.41, 5.74) is 3.91. The highest BCUT2D eigenvalue weighted by molar-refractivity contribution is 5.87.